The van der Waals surface area contributed by atoms with Gasteiger partial charge in [0.05, 0.1) is 12.1 Å². The van der Waals surface area contributed by atoms with Crippen LogP contribution in [0.15, 0.2) is 30.3 Å². The number of nitrogens with zero attached hydrogens (tertiary/aromatic N) is 2. The highest BCUT2D eigenvalue weighted by molar-refractivity contribution is 5.81. The lowest BCUT2D eigenvalue weighted by Gasteiger charge is -2.21. The summed E-state index contributed by atoms with van der Waals surface area (Å²) in [6.07, 6.45) is 1.16. The maximum atomic E-state index is 5.91. The van der Waals surface area contributed by atoms with Gasteiger partial charge < -0.3 is 15.4 Å². The van der Waals surface area contributed by atoms with Gasteiger partial charge in [-0.3, -0.25) is 0 Å². The zero-order chi connectivity index (χ0) is 13.9. The van der Waals surface area contributed by atoms with Crippen LogP contribution in [0, 0.1) is 5.92 Å². The van der Waals surface area contributed by atoms with Gasteiger partial charge in [0.2, 0.25) is 0 Å². The fourth-order valence-corrected chi connectivity index (χ4v) is 2.97. The number of rotatable bonds is 4. The van der Waals surface area contributed by atoms with E-state index in [0.717, 1.165) is 48.4 Å². The minimum atomic E-state index is 0.526. The highest BCUT2D eigenvalue weighted by atomic mass is 16.5. The standard InChI is InChI=1S/C16H21N3O/c1-20-11-12-6-7-19(10-12)16-14(9-17)8-13-4-2-3-5-15(13)18-16/h2-5,8,12H,6-7,9-11,17H2,1H3. The van der Waals surface area contributed by atoms with Crippen LogP contribution in [0.25, 0.3) is 10.9 Å². The number of ether oxygens (including phenoxy) is 1. The number of nitrogens with two attached hydrogens (primary N) is 1. The van der Waals surface area contributed by atoms with Gasteiger partial charge in [-0.15, -0.1) is 0 Å². The molecular formula is C16H21N3O. The van der Waals surface area contributed by atoms with Crippen LogP contribution in [0.1, 0.15) is 12.0 Å². The van der Waals surface area contributed by atoms with E-state index in [-0.39, 0.29) is 0 Å². The molecule has 2 aromatic rings. The lowest BCUT2D eigenvalue weighted by atomic mass is 10.1. The molecule has 0 saturated carbocycles. The first kappa shape index (κ1) is 13.3. The van der Waals surface area contributed by atoms with Gasteiger partial charge in [0.1, 0.15) is 5.82 Å². The van der Waals surface area contributed by atoms with Crippen LogP contribution >= 0.6 is 0 Å². The first-order valence-corrected chi connectivity index (χ1v) is 7.14. The van der Waals surface area contributed by atoms with Crippen molar-refractivity contribution in [3.8, 4) is 0 Å². The van der Waals surface area contributed by atoms with Crippen molar-refractivity contribution in [1.82, 2.24) is 4.98 Å². The molecule has 1 atom stereocenters. The maximum absolute atomic E-state index is 5.91. The SMILES string of the molecule is COCC1CCN(c2nc3ccccc3cc2CN)C1. The van der Waals surface area contributed by atoms with Gasteiger partial charge in [-0.05, 0) is 18.6 Å². The average molecular weight is 271 g/mol. The number of pyridine rings is 1. The van der Waals surface area contributed by atoms with Crippen molar-refractivity contribution in [2.24, 2.45) is 11.7 Å². The molecule has 106 valence electrons. The first-order chi connectivity index (χ1) is 9.81. The third kappa shape index (κ3) is 2.49. The molecule has 1 unspecified atom stereocenters. The number of methoxy groups -OCH3 is 1. The predicted octanol–water partition coefficient (Wildman–Crippen LogP) is 2.17. The number of anilines is 1. The molecule has 1 fully saturated rings. The van der Waals surface area contributed by atoms with Crippen LogP contribution in [-0.2, 0) is 11.3 Å². The highest BCUT2D eigenvalue weighted by Gasteiger charge is 2.25. The van der Waals surface area contributed by atoms with Gasteiger partial charge in [-0.1, -0.05) is 18.2 Å². The number of fused-ring (bicyclic) bond motifs is 1. The predicted molar refractivity (Wildman–Crippen MR) is 81.8 cm³/mol. The Bertz CT molecular complexity index is 599. The summed E-state index contributed by atoms with van der Waals surface area (Å²) in [7, 11) is 1.77. The number of aromatic nitrogens is 1. The van der Waals surface area contributed by atoms with E-state index in [1.165, 1.54) is 0 Å². The van der Waals surface area contributed by atoms with Gasteiger partial charge in [0, 0.05) is 43.6 Å². The third-order valence-electron chi connectivity index (χ3n) is 3.99. The maximum Gasteiger partial charge on any atom is 0.133 e. The van der Waals surface area contributed by atoms with Gasteiger partial charge >= 0.3 is 0 Å². The Hall–Kier alpha value is -1.65. The summed E-state index contributed by atoms with van der Waals surface area (Å²) in [4.78, 5) is 7.17. The summed E-state index contributed by atoms with van der Waals surface area (Å²) in [5.41, 5.74) is 8.07. The summed E-state index contributed by atoms with van der Waals surface area (Å²) in [6, 6.07) is 10.4. The normalized spacial score (nSPS) is 18.9. The Morgan fingerprint density at radius 1 is 1.40 bits per heavy atom. The number of hydrogen-bond acceptors (Lipinski definition) is 4. The zero-order valence-corrected chi connectivity index (χ0v) is 11.9. The van der Waals surface area contributed by atoms with E-state index >= 15 is 0 Å². The average Bonchev–Trinajstić information content (AvgIpc) is 2.94. The van der Waals surface area contributed by atoms with E-state index in [1.54, 1.807) is 7.11 Å². The largest absolute Gasteiger partial charge is 0.384 e. The zero-order valence-electron chi connectivity index (χ0n) is 11.9. The minimum Gasteiger partial charge on any atom is -0.384 e. The Balaban J connectivity index is 1.94. The fraction of sp³-hybridized carbons (Fsp3) is 0.438. The van der Waals surface area contributed by atoms with Crippen molar-refractivity contribution in [2.75, 3.05) is 31.7 Å². The van der Waals surface area contributed by atoms with Gasteiger partial charge in [-0.25, -0.2) is 4.98 Å². The van der Waals surface area contributed by atoms with E-state index in [4.69, 9.17) is 15.5 Å². The summed E-state index contributed by atoms with van der Waals surface area (Å²) < 4.78 is 5.26. The quantitative estimate of drug-likeness (QED) is 0.926. The molecule has 2 heterocycles. The van der Waals surface area contributed by atoms with Crippen molar-refractivity contribution >= 4 is 16.7 Å². The second-order valence-corrected chi connectivity index (χ2v) is 5.42. The molecule has 2 N–H and O–H groups in total. The summed E-state index contributed by atoms with van der Waals surface area (Å²) >= 11 is 0. The smallest absolute Gasteiger partial charge is 0.133 e. The Morgan fingerprint density at radius 2 is 2.25 bits per heavy atom. The van der Waals surface area contributed by atoms with Crippen LogP contribution in [0.5, 0.6) is 0 Å². The number of para-hydroxylation sites is 1. The molecule has 1 aromatic heterocycles. The molecule has 1 aromatic carbocycles. The van der Waals surface area contributed by atoms with Gasteiger partial charge in [0.15, 0.2) is 0 Å². The van der Waals surface area contributed by atoms with Crippen molar-refractivity contribution in [2.45, 2.75) is 13.0 Å². The molecule has 4 nitrogen and oxygen atoms in total. The molecule has 0 aliphatic carbocycles. The lowest BCUT2D eigenvalue weighted by molar-refractivity contribution is 0.161. The molecule has 1 aliphatic rings. The van der Waals surface area contributed by atoms with Crippen LogP contribution in [0.4, 0.5) is 5.82 Å². The van der Waals surface area contributed by atoms with Gasteiger partial charge in [0.25, 0.3) is 0 Å². The topological polar surface area (TPSA) is 51.4 Å². The molecule has 1 aliphatic heterocycles. The highest BCUT2D eigenvalue weighted by Crippen LogP contribution is 2.28. The van der Waals surface area contributed by atoms with Crippen LogP contribution < -0.4 is 10.6 Å². The van der Waals surface area contributed by atoms with Crippen LogP contribution in [0.3, 0.4) is 0 Å². The molecule has 3 rings (SSSR count). The summed E-state index contributed by atoms with van der Waals surface area (Å²) in [5, 5.41) is 1.16. The Labute approximate surface area is 119 Å². The third-order valence-corrected chi connectivity index (χ3v) is 3.99. The van der Waals surface area contributed by atoms with Crippen molar-refractivity contribution in [3.05, 3.63) is 35.9 Å². The van der Waals surface area contributed by atoms with E-state index in [0.29, 0.717) is 12.5 Å². The minimum absolute atomic E-state index is 0.526. The van der Waals surface area contributed by atoms with Crippen molar-refractivity contribution in [1.29, 1.82) is 0 Å². The molecule has 20 heavy (non-hydrogen) atoms. The molecule has 0 amide bonds. The van der Waals surface area contributed by atoms with Crippen molar-refractivity contribution in [3.63, 3.8) is 0 Å². The number of hydrogen-bond donors (Lipinski definition) is 1. The molecule has 1 saturated heterocycles. The van der Waals surface area contributed by atoms with Crippen molar-refractivity contribution < 1.29 is 4.74 Å². The van der Waals surface area contributed by atoms with Crippen LogP contribution in [0.2, 0.25) is 0 Å². The van der Waals surface area contributed by atoms with Crippen LogP contribution in [-0.4, -0.2) is 31.8 Å². The molecule has 0 spiro atoms. The van der Waals surface area contributed by atoms with E-state index in [2.05, 4.69) is 23.1 Å². The van der Waals surface area contributed by atoms with E-state index < -0.39 is 0 Å². The Morgan fingerprint density at radius 3 is 3.05 bits per heavy atom. The number of benzene rings is 1. The second-order valence-electron chi connectivity index (χ2n) is 5.42. The molecule has 0 radical (unpaired) electrons. The second kappa shape index (κ2) is 5.77. The lowest BCUT2D eigenvalue weighted by Crippen LogP contribution is -2.24. The molecular weight excluding hydrogens is 250 g/mol. The first-order valence-electron chi connectivity index (χ1n) is 7.14. The monoisotopic (exact) mass is 271 g/mol. The fourth-order valence-electron chi connectivity index (χ4n) is 2.97. The van der Waals surface area contributed by atoms with E-state index in [1.807, 2.05) is 12.1 Å². The van der Waals surface area contributed by atoms with E-state index in [9.17, 15) is 0 Å². The Kier molecular flexibility index (Phi) is 3.85. The van der Waals surface area contributed by atoms with Gasteiger partial charge in [-0.2, -0.15) is 0 Å². The molecule has 0 bridgehead atoms. The summed E-state index contributed by atoms with van der Waals surface area (Å²) in [5.74, 6) is 1.64. The molecule has 4 heteroatoms. The summed E-state index contributed by atoms with van der Waals surface area (Å²) in [6.45, 7) is 3.39.